The van der Waals surface area contributed by atoms with Crippen molar-refractivity contribution in [3.05, 3.63) is 126 Å². The van der Waals surface area contributed by atoms with E-state index in [-0.39, 0.29) is 97.1 Å². The quantitative estimate of drug-likeness (QED) is 0.0198. The van der Waals surface area contributed by atoms with Crippen LogP contribution in [0.4, 0.5) is 0 Å². The van der Waals surface area contributed by atoms with Crippen LogP contribution in [0.15, 0.2) is 104 Å². The van der Waals surface area contributed by atoms with Crippen molar-refractivity contribution in [3.63, 3.8) is 0 Å². The van der Waals surface area contributed by atoms with E-state index in [0.717, 1.165) is 26.5 Å². The van der Waals surface area contributed by atoms with Gasteiger partial charge in [-0.15, -0.1) is 11.8 Å². The summed E-state index contributed by atoms with van der Waals surface area (Å²) in [7, 11) is 3.97. The van der Waals surface area contributed by atoms with Crippen LogP contribution in [-0.4, -0.2) is 283 Å². The predicted octanol–water partition coefficient (Wildman–Crippen LogP) is 0.337. The summed E-state index contributed by atoms with van der Waals surface area (Å²) >= 11 is 0.801. The number of thioether (sulfide) groups is 1. The Labute approximate surface area is 771 Å². The lowest BCUT2D eigenvalue weighted by molar-refractivity contribution is -0.145. The van der Waals surface area contributed by atoms with Crippen LogP contribution in [0.2, 0.25) is 0 Å². The molecule has 21 N–H and O–H groups in total. The smallest absolute Gasteiger partial charge is 0.246 e. The third-order valence-electron chi connectivity index (χ3n) is 23.3. The van der Waals surface area contributed by atoms with E-state index in [1.807, 2.05) is 13.8 Å². The van der Waals surface area contributed by atoms with Crippen molar-refractivity contribution in [2.45, 2.75) is 224 Å². The monoisotopic (exact) mass is 1850 g/mol. The summed E-state index contributed by atoms with van der Waals surface area (Å²) in [5.74, 6) is -18.7. The van der Waals surface area contributed by atoms with Crippen LogP contribution in [-0.2, 0) is 107 Å². The Balaban J connectivity index is 0.0000238. The molecular formula is C91H130N22O18S. The van der Waals surface area contributed by atoms with Gasteiger partial charge in [0, 0.05) is 130 Å². The summed E-state index contributed by atoms with van der Waals surface area (Å²) in [6.45, 7) is 6.17. The molecule has 3 aromatic heterocycles. The lowest BCUT2D eigenvalue weighted by atomic mass is 9.89. The second kappa shape index (κ2) is 52.1. The second-order valence-electron chi connectivity index (χ2n) is 33.9. The van der Waals surface area contributed by atoms with Crippen LogP contribution in [0, 0.1) is 23.2 Å². The fourth-order valence-corrected chi connectivity index (χ4v) is 16.9. The number of rotatable bonds is 26. The van der Waals surface area contributed by atoms with E-state index in [0.29, 0.717) is 69.9 Å². The zero-order valence-corrected chi connectivity index (χ0v) is 76.2. The van der Waals surface area contributed by atoms with Gasteiger partial charge in [-0.25, -0.2) is 4.98 Å². The average molecular weight is 1850 g/mol. The number of benzene rings is 3. The van der Waals surface area contributed by atoms with Gasteiger partial charge < -0.3 is 110 Å². The number of primary amides is 2. The van der Waals surface area contributed by atoms with Crippen LogP contribution in [0.25, 0.3) is 21.8 Å². The molecule has 132 heavy (non-hydrogen) atoms. The van der Waals surface area contributed by atoms with Crippen LogP contribution < -0.4 is 70.4 Å². The topological polar surface area (TPSA) is 606 Å². The number of aliphatic hydroxyl groups excluding tert-OH is 1. The number of aliphatic hydroxyl groups is 1. The number of amides is 15. The molecule has 718 valence electrons. The maximum absolute atomic E-state index is 15.4. The number of fused-ring (bicyclic) bond motifs is 3. The van der Waals surface area contributed by atoms with E-state index in [1.54, 1.807) is 105 Å². The van der Waals surface area contributed by atoms with Gasteiger partial charge in [-0.2, -0.15) is 0 Å². The molecule has 3 aromatic carbocycles. The zero-order chi connectivity index (χ0) is 95.7. The van der Waals surface area contributed by atoms with Crippen molar-refractivity contribution in [1.29, 1.82) is 5.41 Å². The molecule has 2 aliphatic rings. The number of likely N-dealkylation sites (N-methyl/N-ethyl adjacent to an activating group) is 3. The first-order chi connectivity index (χ1) is 62.5. The molecule has 6 aromatic rings. The number of nitrogens with one attached hydrogen (secondary N) is 14. The molecule has 2 fully saturated rings. The number of hydrogen-bond donors (Lipinski definition) is 18. The zero-order valence-electron chi connectivity index (χ0n) is 75.3. The molecule has 0 spiro atoms. The van der Waals surface area contributed by atoms with Gasteiger partial charge in [-0.3, -0.25) is 86.9 Å². The first-order valence-corrected chi connectivity index (χ1v) is 45.4. The number of Topliss-reactive ketones (excluding diaryl/α,β-unsaturated/α-hetero) is 2. The molecular weight excluding hydrogens is 1720 g/mol. The highest BCUT2D eigenvalue weighted by Crippen LogP contribution is 2.28. The number of hydrogen-bond acceptors (Lipinski definition) is 21. The van der Waals surface area contributed by atoms with Gasteiger partial charge in [0.2, 0.25) is 88.6 Å². The molecule has 0 unspecified atom stereocenters. The SMILES string of the molecule is C.CCCC[C@H]1CC(=O)[C@H](Cc2c[nH]c3ccccc23)NC(=O)[C@H](CO)NC(=O)[C@H](Cc2c[nH]c3ccccc23)CC(=O)CN(C)C(=O)[C@H](CC(C)C)NC(=O)[C@H](Cc2cnc[nH]2)NC(=O)[C@@H]2CCCN2C(=O)[C@H](CC(N)=O)NC(=O)[C@H](C)N(C)C(=O)[C@H](Cc2ccccc2)NC(=O)CSC[C@@H](C(=O)NCC(N)=O)NC(=O)[C@H](CCCNC(=N)N)NC(=O)[C@H](CCCC)N(C)C1=O. The highest BCUT2D eigenvalue weighted by Gasteiger charge is 2.44. The number of aromatic nitrogens is 4. The number of aromatic amines is 3. The van der Waals surface area contributed by atoms with E-state index in [2.05, 4.69) is 73.1 Å². The number of carbonyl (C=O) groups is 17. The van der Waals surface area contributed by atoms with Crippen molar-refractivity contribution >= 4 is 140 Å². The maximum atomic E-state index is 15.4. The van der Waals surface area contributed by atoms with Gasteiger partial charge in [0.15, 0.2) is 17.5 Å². The van der Waals surface area contributed by atoms with Crippen molar-refractivity contribution in [2.24, 2.45) is 35.0 Å². The highest BCUT2D eigenvalue weighted by atomic mass is 32.2. The summed E-state index contributed by atoms with van der Waals surface area (Å²) in [5, 5.41) is 46.9. The molecule has 15 amide bonds. The molecule has 0 saturated carbocycles. The highest BCUT2D eigenvalue weighted by molar-refractivity contribution is 8.00. The molecule has 2 aliphatic heterocycles. The van der Waals surface area contributed by atoms with Crippen molar-refractivity contribution in [2.75, 3.05) is 65.4 Å². The van der Waals surface area contributed by atoms with Gasteiger partial charge in [-0.05, 0) is 93.0 Å². The maximum Gasteiger partial charge on any atom is 0.246 e. The number of unbranched alkanes of at least 4 members (excludes halogenated alkanes) is 2. The van der Waals surface area contributed by atoms with Crippen molar-refractivity contribution in [1.82, 2.24) is 92.7 Å². The number of nitrogens with zero attached hydrogens (tertiary/aromatic N) is 5. The fourth-order valence-electron chi connectivity index (χ4n) is 16.0. The third-order valence-corrected chi connectivity index (χ3v) is 24.3. The summed E-state index contributed by atoms with van der Waals surface area (Å²) in [6.07, 6.45) is 5.54. The minimum Gasteiger partial charge on any atom is -0.394 e. The van der Waals surface area contributed by atoms with Crippen LogP contribution in [0.3, 0.4) is 0 Å². The van der Waals surface area contributed by atoms with E-state index >= 15 is 24.0 Å². The summed E-state index contributed by atoms with van der Waals surface area (Å²) in [4.78, 5) is 266. The number of ketones is 2. The minimum absolute atomic E-state index is 0. The Morgan fingerprint density at radius 3 is 1.80 bits per heavy atom. The molecule has 13 atom stereocenters. The number of nitrogens with two attached hydrogens (primary N) is 3. The minimum atomic E-state index is -1.78. The average Bonchev–Trinajstić information content (AvgIpc) is 1.64. The number of imidazole rings is 1. The first-order valence-electron chi connectivity index (χ1n) is 44.3. The molecule has 8 rings (SSSR count). The Morgan fingerprint density at radius 1 is 0.576 bits per heavy atom. The lowest BCUT2D eigenvalue weighted by Gasteiger charge is -2.32. The molecule has 41 heteroatoms. The summed E-state index contributed by atoms with van der Waals surface area (Å²) in [5.41, 5.74) is 20.2. The number of guanidine groups is 1. The Bertz CT molecular complexity index is 5010. The van der Waals surface area contributed by atoms with Gasteiger partial charge in [0.05, 0.1) is 44.2 Å². The van der Waals surface area contributed by atoms with Gasteiger partial charge in [-0.1, -0.05) is 128 Å². The van der Waals surface area contributed by atoms with Gasteiger partial charge >= 0.3 is 0 Å². The van der Waals surface area contributed by atoms with Crippen LogP contribution in [0.5, 0.6) is 0 Å². The number of carbonyl (C=O) groups excluding carboxylic acids is 17. The molecule has 2 saturated heterocycles. The number of H-pyrrole nitrogens is 3. The Hall–Kier alpha value is -13.1. The largest absolute Gasteiger partial charge is 0.394 e. The molecule has 5 heterocycles. The molecule has 0 bridgehead atoms. The predicted molar refractivity (Wildman–Crippen MR) is 494 cm³/mol. The van der Waals surface area contributed by atoms with Crippen LogP contribution >= 0.6 is 11.8 Å². The van der Waals surface area contributed by atoms with Crippen LogP contribution in [0.1, 0.15) is 154 Å². The van der Waals surface area contributed by atoms with Crippen molar-refractivity contribution < 1.29 is 86.6 Å². The summed E-state index contributed by atoms with van der Waals surface area (Å²) in [6, 6.07) is 6.34. The Kier molecular flexibility index (Phi) is 41.8. The molecule has 0 radical (unpaired) electrons. The number of para-hydroxylation sites is 2. The van der Waals surface area contributed by atoms with E-state index < -0.39 is 235 Å². The van der Waals surface area contributed by atoms with E-state index in [9.17, 15) is 62.6 Å². The van der Waals surface area contributed by atoms with E-state index in [1.165, 1.54) is 45.5 Å². The second-order valence-corrected chi connectivity index (χ2v) is 34.9. The first kappa shape index (κ1) is 106. The normalized spacial score (nSPS) is 23.5. The van der Waals surface area contributed by atoms with Gasteiger partial charge in [0.1, 0.15) is 60.4 Å². The standard InChI is InChI=1S/C90H126N22O18S.CH4/c1-9-11-24-54-39-74(115)65(38-57-43-98-63-28-19-17-26-61(57)63)103-83(124)70(47-113)107-79(120)55(36-56-42-97-62-27-18-16-25-60(56)62)37-59(114)46-109(6)87(128)67(34-51(3)4)106-82(123)66(40-58-44-95-50-100-58)104-85(126)73-31-21-33-112(73)89(130)69(41-75(91)116)105-78(119)52(5)110(7)88(129)68(35-53-22-14-13-15-23-53)101-77(118)49-131-48-71(80(121)99-45-76(92)117)108-81(122)64(29-20-32-96-90(93)94)102-84(125)72(30-12-10-2)111(8)86(54)127;/h13-19,22-23,25-28,42-44,50-52,54-55,64-73,97-98,113H,9-12,20-21,24,29-41,45-49H2,1-8H3,(H2,91,116)(H2,92,117)(H,95,100)(H,99,121)(H,101,118)(H,102,125)(H,103,124)(H,104,126)(H,105,119)(H,106,123)(H,107,120)(H,108,122)(H4,93,94,96);1H4/t52-,54-,55+,64-,65-,66-,67-,68-,69-,70-,71-,72-,73-;/m0./s1. The molecule has 40 nitrogen and oxygen atoms in total. The van der Waals surface area contributed by atoms with Crippen molar-refractivity contribution in [3.8, 4) is 0 Å². The van der Waals surface area contributed by atoms with Gasteiger partial charge in [0.25, 0.3) is 0 Å². The fraction of sp³-hybridized carbons (Fsp3) is 0.527. The molecule has 0 aliphatic carbocycles. The van der Waals surface area contributed by atoms with E-state index in [4.69, 9.17) is 22.6 Å². The lowest BCUT2D eigenvalue weighted by Crippen LogP contribution is -2.60. The summed E-state index contributed by atoms with van der Waals surface area (Å²) < 4.78 is 0. The third kappa shape index (κ3) is 31.3. The Morgan fingerprint density at radius 2 is 1.17 bits per heavy atom.